The van der Waals surface area contributed by atoms with Gasteiger partial charge in [-0.15, -0.1) is 0 Å². The predicted octanol–water partition coefficient (Wildman–Crippen LogP) is 4.16. The number of unbranched alkanes of at least 4 members (excludes halogenated alkanes) is 4. The normalized spacial score (nSPS) is 25.8. The lowest BCUT2D eigenvalue weighted by molar-refractivity contribution is -0.109. The summed E-state index contributed by atoms with van der Waals surface area (Å²) in [6, 6.07) is 0. The highest BCUT2D eigenvalue weighted by atomic mass is 32.2. The Bertz CT molecular complexity index is 512. The van der Waals surface area contributed by atoms with E-state index in [1.54, 1.807) is 13.0 Å². The highest BCUT2D eigenvalue weighted by Crippen LogP contribution is 2.33. The van der Waals surface area contributed by atoms with Crippen molar-refractivity contribution in [2.24, 2.45) is 5.92 Å². The largest absolute Gasteiger partial charge is 0.392 e. The first-order chi connectivity index (χ1) is 13.0. The summed E-state index contributed by atoms with van der Waals surface area (Å²) in [6.45, 7) is 3.72. The van der Waals surface area contributed by atoms with E-state index < -0.39 is 18.3 Å². The maximum atomic E-state index is 10.9. The van der Waals surface area contributed by atoms with Gasteiger partial charge in [0.1, 0.15) is 0 Å². The number of allylic oxidation sites excluding steroid dienone is 3. The molecule has 0 spiro atoms. The van der Waals surface area contributed by atoms with Crippen LogP contribution in [0.2, 0.25) is 0 Å². The van der Waals surface area contributed by atoms with Gasteiger partial charge in [0.05, 0.1) is 18.3 Å². The molecule has 0 heterocycles. The molecule has 27 heavy (non-hydrogen) atoms. The Kier molecular flexibility index (Phi) is 12.7. The minimum absolute atomic E-state index is 0.165. The second-order valence-electron chi connectivity index (χ2n) is 7.22. The van der Waals surface area contributed by atoms with Crippen LogP contribution in [0.3, 0.4) is 0 Å². The maximum absolute atomic E-state index is 10.9. The van der Waals surface area contributed by atoms with E-state index in [-0.39, 0.29) is 11.0 Å². The third-order valence-electron chi connectivity index (χ3n) is 4.79. The summed E-state index contributed by atoms with van der Waals surface area (Å²) in [4.78, 5) is 10.9. The third-order valence-corrected chi connectivity index (χ3v) is 5.69. The van der Waals surface area contributed by atoms with Gasteiger partial charge in [-0.05, 0) is 31.3 Å². The van der Waals surface area contributed by atoms with Gasteiger partial charge < -0.3 is 15.3 Å². The molecule has 1 aliphatic rings. The van der Waals surface area contributed by atoms with E-state index >= 15 is 0 Å². The van der Waals surface area contributed by atoms with Crippen molar-refractivity contribution in [2.45, 2.75) is 83.5 Å². The molecule has 4 atom stereocenters. The smallest absolute Gasteiger partial charge is 0.185 e. The van der Waals surface area contributed by atoms with Crippen LogP contribution in [0.1, 0.15) is 65.2 Å². The molecule has 154 valence electrons. The van der Waals surface area contributed by atoms with Crippen LogP contribution in [0, 0.1) is 5.92 Å². The monoisotopic (exact) mass is 396 g/mol. The molecule has 3 N–H and O–H groups in total. The van der Waals surface area contributed by atoms with Crippen molar-refractivity contribution in [2.75, 3.05) is 5.75 Å². The number of aliphatic hydroxyl groups excluding tert-OH is 3. The van der Waals surface area contributed by atoms with Crippen LogP contribution in [-0.4, -0.2) is 44.5 Å². The molecular weight excluding hydrogens is 360 g/mol. The quantitative estimate of drug-likeness (QED) is 0.341. The minimum Gasteiger partial charge on any atom is -0.392 e. The van der Waals surface area contributed by atoms with Crippen LogP contribution < -0.4 is 0 Å². The second kappa shape index (κ2) is 14.2. The first kappa shape index (κ1) is 24.2. The van der Waals surface area contributed by atoms with Gasteiger partial charge in [0.2, 0.25) is 0 Å². The zero-order chi connectivity index (χ0) is 20.1. The summed E-state index contributed by atoms with van der Waals surface area (Å²) >= 11 is 1.37. The number of aliphatic hydroxyl groups is 3. The summed E-state index contributed by atoms with van der Waals surface area (Å²) in [7, 11) is 0. The Labute approximate surface area is 168 Å². The standard InChI is InChI=1S/C22H36O4S/c1-3-4-8-11-18(24)13-14-20-19(21(25)16-22(20)26)12-9-6-5-7-10-15-27-17(2)23/h6,9,12-14,18,20-22,24-26H,3-5,7-8,10-11,15-16H2,1-2H3/b9-6-,14-13+,19-12+/t18-,20+,21-,22+/m0/s1. The summed E-state index contributed by atoms with van der Waals surface area (Å²) in [5, 5.41) is 30.6. The average molecular weight is 397 g/mol. The summed E-state index contributed by atoms with van der Waals surface area (Å²) in [6.07, 6.45) is 15.0. The molecule has 5 heteroatoms. The van der Waals surface area contributed by atoms with Gasteiger partial charge in [-0.3, -0.25) is 4.79 Å². The van der Waals surface area contributed by atoms with Crippen molar-refractivity contribution >= 4 is 16.9 Å². The van der Waals surface area contributed by atoms with Crippen LogP contribution in [0.5, 0.6) is 0 Å². The Balaban J connectivity index is 2.48. The first-order valence-corrected chi connectivity index (χ1v) is 11.2. The maximum Gasteiger partial charge on any atom is 0.185 e. The Morgan fingerprint density at radius 1 is 1.26 bits per heavy atom. The van der Waals surface area contributed by atoms with Crippen LogP contribution in [-0.2, 0) is 4.79 Å². The number of rotatable bonds is 12. The van der Waals surface area contributed by atoms with Gasteiger partial charge in [-0.25, -0.2) is 0 Å². The second-order valence-corrected chi connectivity index (χ2v) is 8.50. The molecule has 1 rings (SSSR count). The number of hydrogen-bond donors (Lipinski definition) is 3. The molecule has 1 saturated carbocycles. The number of hydrogen-bond acceptors (Lipinski definition) is 5. The highest BCUT2D eigenvalue weighted by Gasteiger charge is 2.34. The molecule has 4 nitrogen and oxygen atoms in total. The van der Waals surface area contributed by atoms with Crippen LogP contribution in [0.15, 0.2) is 36.0 Å². The zero-order valence-corrected chi connectivity index (χ0v) is 17.5. The van der Waals surface area contributed by atoms with Crippen molar-refractivity contribution < 1.29 is 20.1 Å². The average Bonchev–Trinajstić information content (AvgIpc) is 2.88. The molecule has 1 fully saturated rings. The fraction of sp³-hybridized carbons (Fsp3) is 0.682. The molecular formula is C22H36O4S. The molecule has 0 amide bonds. The Hall–Kier alpha value is -0.880. The highest BCUT2D eigenvalue weighted by molar-refractivity contribution is 8.13. The third kappa shape index (κ3) is 10.3. The van der Waals surface area contributed by atoms with Crippen molar-refractivity contribution in [3.63, 3.8) is 0 Å². The van der Waals surface area contributed by atoms with Crippen molar-refractivity contribution in [3.05, 3.63) is 36.0 Å². The van der Waals surface area contributed by atoms with Gasteiger partial charge in [0.15, 0.2) is 5.12 Å². The fourth-order valence-electron chi connectivity index (χ4n) is 3.22. The molecule has 0 aromatic carbocycles. The van der Waals surface area contributed by atoms with Crippen molar-refractivity contribution in [3.8, 4) is 0 Å². The first-order valence-electron chi connectivity index (χ1n) is 10.2. The lowest BCUT2D eigenvalue weighted by Crippen LogP contribution is -2.13. The number of carbonyl (C=O) groups excluding carboxylic acids is 1. The van der Waals surface area contributed by atoms with Gasteiger partial charge in [0, 0.05) is 25.0 Å². The molecule has 0 bridgehead atoms. The number of carbonyl (C=O) groups is 1. The van der Waals surface area contributed by atoms with Gasteiger partial charge in [0.25, 0.3) is 0 Å². The molecule has 0 radical (unpaired) electrons. The van der Waals surface area contributed by atoms with E-state index in [9.17, 15) is 20.1 Å². The SMILES string of the molecule is CCCCC[C@H](O)/C=C/[C@@H]1/C(=C\C=C/CCCCSC(C)=O)[C@@H](O)C[C@H]1O. The molecule has 0 unspecified atom stereocenters. The Morgan fingerprint density at radius 2 is 2.04 bits per heavy atom. The summed E-state index contributed by atoms with van der Waals surface area (Å²) < 4.78 is 0. The molecule has 1 aliphatic carbocycles. The molecule has 0 aliphatic heterocycles. The van der Waals surface area contributed by atoms with E-state index in [0.29, 0.717) is 6.42 Å². The van der Waals surface area contributed by atoms with E-state index in [1.807, 2.05) is 18.2 Å². The van der Waals surface area contributed by atoms with E-state index in [1.165, 1.54) is 11.8 Å². The number of thioether (sulfide) groups is 1. The van der Waals surface area contributed by atoms with Gasteiger partial charge in [-0.1, -0.05) is 68.3 Å². The van der Waals surface area contributed by atoms with E-state index in [4.69, 9.17) is 0 Å². The summed E-state index contributed by atoms with van der Waals surface area (Å²) in [5.74, 6) is 0.625. The molecule has 0 aromatic rings. The van der Waals surface area contributed by atoms with Crippen LogP contribution in [0.25, 0.3) is 0 Å². The van der Waals surface area contributed by atoms with E-state index in [2.05, 4.69) is 13.0 Å². The topological polar surface area (TPSA) is 77.8 Å². The lowest BCUT2D eigenvalue weighted by atomic mass is 9.97. The van der Waals surface area contributed by atoms with Gasteiger partial charge in [-0.2, -0.15) is 0 Å². The fourth-order valence-corrected chi connectivity index (χ4v) is 3.86. The minimum atomic E-state index is -0.636. The molecule has 0 saturated heterocycles. The van der Waals surface area contributed by atoms with Crippen molar-refractivity contribution in [1.29, 1.82) is 0 Å². The summed E-state index contributed by atoms with van der Waals surface area (Å²) in [5.41, 5.74) is 0.808. The molecule has 0 aromatic heterocycles. The lowest BCUT2D eigenvalue weighted by Gasteiger charge is -2.13. The zero-order valence-electron chi connectivity index (χ0n) is 16.7. The van der Waals surface area contributed by atoms with Crippen LogP contribution >= 0.6 is 11.8 Å². The van der Waals surface area contributed by atoms with Crippen molar-refractivity contribution in [1.82, 2.24) is 0 Å². The van der Waals surface area contributed by atoms with Gasteiger partial charge >= 0.3 is 0 Å². The van der Waals surface area contributed by atoms with Crippen LogP contribution in [0.4, 0.5) is 0 Å². The Morgan fingerprint density at radius 3 is 2.74 bits per heavy atom. The predicted molar refractivity (Wildman–Crippen MR) is 114 cm³/mol. The van der Waals surface area contributed by atoms with E-state index in [0.717, 1.165) is 56.3 Å².